The molecule has 1 fully saturated rings. The van der Waals surface area contributed by atoms with E-state index < -0.39 is 0 Å². The first-order chi connectivity index (χ1) is 13.6. The number of methoxy groups -OCH3 is 1. The number of piperazine rings is 1. The number of carbonyl (C=O) groups excluding carboxylic acids is 1. The fourth-order valence-corrected chi connectivity index (χ4v) is 4.04. The van der Waals surface area contributed by atoms with E-state index in [2.05, 4.69) is 17.4 Å². The molecule has 4 rings (SSSR count). The number of nitrogens with one attached hydrogen (secondary N) is 1. The molecule has 2 aromatic rings. The highest BCUT2D eigenvalue weighted by Gasteiger charge is 2.30. The van der Waals surface area contributed by atoms with Gasteiger partial charge in [0.2, 0.25) is 18.4 Å². The SMILES string of the molecule is COc1cc(C[C@@H]2CN(C(C)=O)[C@H](Cc3ccccc3)CN2)cc2c1OCO2. The molecular formula is C22H26N2O4. The first-order valence-corrected chi connectivity index (χ1v) is 9.65. The van der Waals surface area contributed by atoms with Gasteiger partial charge in [0, 0.05) is 32.1 Å². The monoisotopic (exact) mass is 382 g/mol. The van der Waals surface area contributed by atoms with Gasteiger partial charge in [-0.2, -0.15) is 0 Å². The fraction of sp³-hybridized carbons (Fsp3) is 0.409. The highest BCUT2D eigenvalue weighted by Crippen LogP contribution is 2.42. The summed E-state index contributed by atoms with van der Waals surface area (Å²) in [4.78, 5) is 14.3. The van der Waals surface area contributed by atoms with E-state index in [4.69, 9.17) is 14.2 Å². The highest BCUT2D eigenvalue weighted by molar-refractivity contribution is 5.74. The molecule has 2 atom stereocenters. The Morgan fingerprint density at radius 2 is 2.00 bits per heavy atom. The Morgan fingerprint density at radius 3 is 2.75 bits per heavy atom. The highest BCUT2D eigenvalue weighted by atomic mass is 16.7. The molecule has 0 saturated carbocycles. The Kier molecular flexibility index (Phi) is 5.39. The average Bonchev–Trinajstić information content (AvgIpc) is 3.18. The van der Waals surface area contributed by atoms with Crippen molar-refractivity contribution in [1.82, 2.24) is 10.2 Å². The van der Waals surface area contributed by atoms with Crippen LogP contribution in [0.15, 0.2) is 42.5 Å². The van der Waals surface area contributed by atoms with Crippen molar-refractivity contribution < 1.29 is 19.0 Å². The van der Waals surface area contributed by atoms with Crippen molar-refractivity contribution in [2.24, 2.45) is 0 Å². The van der Waals surface area contributed by atoms with Crippen LogP contribution in [0, 0.1) is 0 Å². The van der Waals surface area contributed by atoms with Crippen molar-refractivity contribution in [2.75, 3.05) is 27.0 Å². The zero-order chi connectivity index (χ0) is 19.5. The standard InChI is InChI=1S/C22H26N2O4/c1-15(25)24-13-18(23-12-19(24)9-16-6-4-3-5-7-16)8-17-10-20(26-2)22-21(11-17)27-14-28-22/h3-7,10-11,18-19,23H,8-9,12-14H2,1-2H3/t18-,19-/m1/s1. The van der Waals surface area contributed by atoms with E-state index in [-0.39, 0.29) is 24.8 Å². The minimum atomic E-state index is 0.121. The van der Waals surface area contributed by atoms with E-state index in [1.165, 1.54) is 5.56 Å². The number of nitrogens with zero attached hydrogens (tertiary/aromatic N) is 1. The number of hydrogen-bond acceptors (Lipinski definition) is 5. The largest absolute Gasteiger partial charge is 0.493 e. The minimum Gasteiger partial charge on any atom is -0.493 e. The smallest absolute Gasteiger partial charge is 0.231 e. The van der Waals surface area contributed by atoms with Gasteiger partial charge in [0.15, 0.2) is 11.5 Å². The van der Waals surface area contributed by atoms with E-state index in [1.807, 2.05) is 35.2 Å². The van der Waals surface area contributed by atoms with Crippen molar-refractivity contribution in [1.29, 1.82) is 0 Å². The Hall–Kier alpha value is -2.73. The van der Waals surface area contributed by atoms with Crippen molar-refractivity contribution in [3.8, 4) is 17.2 Å². The normalized spacial score (nSPS) is 20.9. The Labute approximate surface area is 165 Å². The van der Waals surface area contributed by atoms with Crippen molar-refractivity contribution in [2.45, 2.75) is 31.8 Å². The molecule has 0 radical (unpaired) electrons. The van der Waals surface area contributed by atoms with E-state index in [0.717, 1.165) is 30.7 Å². The summed E-state index contributed by atoms with van der Waals surface area (Å²) in [6.07, 6.45) is 1.65. The van der Waals surface area contributed by atoms with Crippen LogP contribution in [0.5, 0.6) is 17.2 Å². The molecule has 2 aliphatic rings. The van der Waals surface area contributed by atoms with Crippen LogP contribution in [0.25, 0.3) is 0 Å². The van der Waals surface area contributed by atoms with E-state index >= 15 is 0 Å². The third-order valence-corrected chi connectivity index (χ3v) is 5.42. The lowest BCUT2D eigenvalue weighted by Crippen LogP contribution is -2.59. The lowest BCUT2D eigenvalue weighted by atomic mass is 9.97. The van der Waals surface area contributed by atoms with Crippen LogP contribution in [0.4, 0.5) is 0 Å². The second-order valence-electron chi connectivity index (χ2n) is 7.36. The first-order valence-electron chi connectivity index (χ1n) is 9.65. The maximum atomic E-state index is 12.3. The van der Waals surface area contributed by atoms with Crippen molar-refractivity contribution in [3.05, 3.63) is 53.6 Å². The number of fused-ring (bicyclic) bond motifs is 1. The quantitative estimate of drug-likeness (QED) is 0.861. The summed E-state index contributed by atoms with van der Waals surface area (Å²) >= 11 is 0. The van der Waals surface area contributed by atoms with Crippen LogP contribution in [0.3, 0.4) is 0 Å². The zero-order valence-corrected chi connectivity index (χ0v) is 16.3. The summed E-state index contributed by atoms with van der Waals surface area (Å²) in [6.45, 7) is 3.34. The molecule has 6 heteroatoms. The van der Waals surface area contributed by atoms with E-state index in [9.17, 15) is 4.79 Å². The summed E-state index contributed by atoms with van der Waals surface area (Å²) in [5.74, 6) is 2.19. The molecule has 0 aliphatic carbocycles. The minimum absolute atomic E-state index is 0.121. The third-order valence-electron chi connectivity index (χ3n) is 5.42. The Bertz CT molecular complexity index is 840. The molecule has 0 bridgehead atoms. The van der Waals surface area contributed by atoms with Crippen molar-refractivity contribution >= 4 is 5.91 Å². The van der Waals surface area contributed by atoms with Gasteiger partial charge in [0.25, 0.3) is 0 Å². The molecule has 28 heavy (non-hydrogen) atoms. The second kappa shape index (κ2) is 8.10. The predicted octanol–water partition coefficient (Wildman–Crippen LogP) is 2.40. The van der Waals surface area contributed by atoms with Crippen LogP contribution in [0.2, 0.25) is 0 Å². The molecule has 148 valence electrons. The van der Waals surface area contributed by atoms with Crippen LogP contribution in [-0.2, 0) is 17.6 Å². The molecule has 1 saturated heterocycles. The molecular weight excluding hydrogens is 356 g/mol. The molecule has 6 nitrogen and oxygen atoms in total. The van der Waals surface area contributed by atoms with Crippen LogP contribution in [0.1, 0.15) is 18.1 Å². The van der Waals surface area contributed by atoms with Gasteiger partial charge in [-0.1, -0.05) is 30.3 Å². The zero-order valence-electron chi connectivity index (χ0n) is 16.3. The predicted molar refractivity (Wildman–Crippen MR) is 106 cm³/mol. The van der Waals surface area contributed by atoms with Crippen LogP contribution >= 0.6 is 0 Å². The second-order valence-corrected chi connectivity index (χ2v) is 7.36. The number of benzene rings is 2. The number of hydrogen-bond donors (Lipinski definition) is 1. The Morgan fingerprint density at radius 1 is 1.18 bits per heavy atom. The molecule has 1 amide bonds. The molecule has 0 spiro atoms. The molecule has 2 aliphatic heterocycles. The lowest BCUT2D eigenvalue weighted by molar-refractivity contribution is -0.132. The maximum absolute atomic E-state index is 12.3. The maximum Gasteiger partial charge on any atom is 0.231 e. The van der Waals surface area contributed by atoms with Gasteiger partial charge >= 0.3 is 0 Å². The number of carbonyl (C=O) groups is 1. The Balaban J connectivity index is 1.45. The first kappa shape index (κ1) is 18.6. The fourth-order valence-electron chi connectivity index (χ4n) is 4.04. The average molecular weight is 382 g/mol. The number of ether oxygens (including phenoxy) is 3. The van der Waals surface area contributed by atoms with E-state index in [0.29, 0.717) is 18.0 Å². The summed E-state index contributed by atoms with van der Waals surface area (Å²) in [5, 5.41) is 3.62. The molecule has 0 aromatic heterocycles. The lowest BCUT2D eigenvalue weighted by Gasteiger charge is -2.40. The van der Waals surface area contributed by atoms with Gasteiger partial charge in [0.05, 0.1) is 7.11 Å². The third kappa shape index (κ3) is 3.92. The summed E-state index contributed by atoms with van der Waals surface area (Å²) in [6, 6.07) is 14.7. The molecule has 2 heterocycles. The van der Waals surface area contributed by atoms with Gasteiger partial charge in [-0.3, -0.25) is 4.79 Å². The van der Waals surface area contributed by atoms with Gasteiger partial charge in [0.1, 0.15) is 0 Å². The van der Waals surface area contributed by atoms with Gasteiger partial charge in [-0.05, 0) is 36.1 Å². The molecule has 0 unspecified atom stereocenters. The summed E-state index contributed by atoms with van der Waals surface area (Å²) in [7, 11) is 1.63. The number of rotatable bonds is 5. The van der Waals surface area contributed by atoms with Crippen molar-refractivity contribution in [3.63, 3.8) is 0 Å². The summed E-state index contributed by atoms with van der Waals surface area (Å²) in [5.41, 5.74) is 2.35. The van der Waals surface area contributed by atoms with E-state index in [1.54, 1.807) is 14.0 Å². The van der Waals surface area contributed by atoms with Gasteiger partial charge in [-0.15, -0.1) is 0 Å². The summed E-state index contributed by atoms with van der Waals surface area (Å²) < 4.78 is 16.4. The molecule has 2 aromatic carbocycles. The van der Waals surface area contributed by atoms with Gasteiger partial charge in [-0.25, -0.2) is 0 Å². The topological polar surface area (TPSA) is 60.0 Å². The van der Waals surface area contributed by atoms with Crippen LogP contribution in [-0.4, -0.2) is 49.9 Å². The molecule has 1 N–H and O–H groups in total. The van der Waals surface area contributed by atoms with Crippen LogP contribution < -0.4 is 19.5 Å². The van der Waals surface area contributed by atoms with Gasteiger partial charge < -0.3 is 24.4 Å². The number of amides is 1.